The van der Waals surface area contributed by atoms with Gasteiger partial charge in [0.2, 0.25) is 0 Å². The van der Waals surface area contributed by atoms with Gasteiger partial charge in [0.05, 0.1) is 32.6 Å². The highest BCUT2D eigenvalue weighted by atomic mass is 32.2. The number of methoxy groups -OCH3 is 1. The molecule has 0 spiro atoms. The third-order valence-corrected chi connectivity index (χ3v) is 6.52. The van der Waals surface area contributed by atoms with Gasteiger partial charge < -0.3 is 27.7 Å². The van der Waals surface area contributed by atoms with E-state index in [0.717, 1.165) is 0 Å². The quantitative estimate of drug-likeness (QED) is 0.436. The van der Waals surface area contributed by atoms with Crippen LogP contribution in [0.25, 0.3) is 11.3 Å². The molecule has 4 rings (SSSR count). The summed E-state index contributed by atoms with van der Waals surface area (Å²) < 4.78 is 89.2. The number of alkyl halides is 3. The first kappa shape index (κ1) is 24.4. The predicted octanol–water partition coefficient (Wildman–Crippen LogP) is 2.41. The Morgan fingerprint density at radius 2 is 1.91 bits per heavy atom. The number of fused-ring (bicyclic) bond motifs is 3. The molecule has 3 heterocycles. The van der Waals surface area contributed by atoms with Crippen molar-refractivity contribution in [2.75, 3.05) is 33.5 Å². The number of halogens is 3. The van der Waals surface area contributed by atoms with E-state index in [1.165, 1.54) is 29.9 Å². The van der Waals surface area contributed by atoms with Gasteiger partial charge in [-0.15, -0.1) is 0 Å². The van der Waals surface area contributed by atoms with Gasteiger partial charge in [0.1, 0.15) is 18.5 Å². The summed E-state index contributed by atoms with van der Waals surface area (Å²) in [6.07, 6.45) is -0.0173. The van der Waals surface area contributed by atoms with Crippen molar-refractivity contribution in [2.45, 2.75) is 31.5 Å². The van der Waals surface area contributed by atoms with Crippen LogP contribution in [0.2, 0.25) is 0 Å². The third kappa shape index (κ3) is 4.59. The summed E-state index contributed by atoms with van der Waals surface area (Å²) in [7, 11) is -4.72. The molecule has 0 bridgehead atoms. The molecule has 0 unspecified atom stereocenters. The van der Waals surface area contributed by atoms with E-state index in [2.05, 4.69) is 4.18 Å². The van der Waals surface area contributed by atoms with Crippen molar-refractivity contribution in [3.63, 3.8) is 0 Å². The Bertz CT molecular complexity index is 1250. The van der Waals surface area contributed by atoms with E-state index in [4.69, 9.17) is 18.9 Å². The first-order valence-corrected chi connectivity index (χ1v) is 11.7. The van der Waals surface area contributed by atoms with E-state index >= 15 is 0 Å². The summed E-state index contributed by atoms with van der Waals surface area (Å²) in [6, 6.07) is 3.92. The highest BCUT2D eigenvalue weighted by molar-refractivity contribution is 7.88. The van der Waals surface area contributed by atoms with Gasteiger partial charge in [-0.05, 0) is 31.0 Å². The van der Waals surface area contributed by atoms with Crippen molar-refractivity contribution in [1.82, 2.24) is 4.57 Å². The Hall–Kier alpha value is -2.77. The monoisotopic (exact) mass is 505 g/mol. The number of nitrogens with zero attached hydrogens (tertiary/aromatic N) is 1. The second-order valence-electron chi connectivity index (χ2n) is 7.74. The van der Waals surface area contributed by atoms with Crippen molar-refractivity contribution in [1.29, 1.82) is 0 Å². The van der Waals surface area contributed by atoms with E-state index in [-0.39, 0.29) is 37.0 Å². The van der Waals surface area contributed by atoms with Crippen molar-refractivity contribution < 1.29 is 44.7 Å². The number of hydrogen-bond acceptors (Lipinski definition) is 8. The Balaban J connectivity index is 1.73. The van der Waals surface area contributed by atoms with Gasteiger partial charge in [0.15, 0.2) is 11.5 Å². The molecular formula is C21H22F3NO8S. The topological polar surface area (TPSA) is 102 Å². The van der Waals surface area contributed by atoms with Crippen LogP contribution in [0.15, 0.2) is 23.0 Å². The number of rotatable bonds is 6. The normalized spacial score (nSPS) is 18.1. The summed E-state index contributed by atoms with van der Waals surface area (Å²) in [5.41, 5.74) is -3.80. The van der Waals surface area contributed by atoms with Gasteiger partial charge in [0, 0.05) is 23.7 Å². The van der Waals surface area contributed by atoms with Crippen LogP contribution in [-0.2, 0) is 32.6 Å². The Labute approximate surface area is 193 Å². The molecule has 186 valence electrons. The molecule has 1 aromatic carbocycles. The van der Waals surface area contributed by atoms with Crippen LogP contribution in [0.4, 0.5) is 13.2 Å². The number of aromatic nitrogens is 1. The smallest absolute Gasteiger partial charge is 0.493 e. The lowest BCUT2D eigenvalue weighted by Crippen LogP contribution is -2.34. The second-order valence-corrected chi connectivity index (χ2v) is 9.28. The fourth-order valence-corrected chi connectivity index (χ4v) is 4.38. The lowest BCUT2D eigenvalue weighted by molar-refractivity contribution is -0.101. The Kier molecular flexibility index (Phi) is 6.53. The van der Waals surface area contributed by atoms with Crippen LogP contribution in [0.3, 0.4) is 0 Å². The molecule has 13 heteroatoms. The van der Waals surface area contributed by atoms with Gasteiger partial charge in [-0.3, -0.25) is 4.79 Å². The highest BCUT2D eigenvalue weighted by Crippen LogP contribution is 2.42. The Morgan fingerprint density at radius 3 is 2.56 bits per heavy atom. The molecule has 1 saturated heterocycles. The van der Waals surface area contributed by atoms with Gasteiger partial charge in [-0.1, -0.05) is 0 Å². The number of hydrogen-bond donors (Lipinski definition) is 0. The highest BCUT2D eigenvalue weighted by Gasteiger charge is 2.49. The summed E-state index contributed by atoms with van der Waals surface area (Å²) >= 11 is 0. The van der Waals surface area contributed by atoms with Crippen LogP contribution in [0.1, 0.15) is 11.1 Å². The second kappa shape index (κ2) is 9.12. The zero-order valence-electron chi connectivity index (χ0n) is 18.3. The standard InChI is InChI=1S/C21H22F3NO8S/c1-12-16(32-11-14-10-30-5-6-31-14)9-19(26)25-4-3-13-7-18(33-34(27,28)21(22,23)24)17(29-2)8-15(13)20(12)25/h7-9,14H,3-6,10-11H2,1-2H3/t14-/m0/s1. The summed E-state index contributed by atoms with van der Waals surface area (Å²) in [6.45, 7) is 3.47. The van der Waals surface area contributed by atoms with Crippen LogP contribution in [0, 0.1) is 6.92 Å². The van der Waals surface area contributed by atoms with Gasteiger partial charge in [-0.25, -0.2) is 0 Å². The maximum atomic E-state index is 12.8. The molecule has 2 aliphatic rings. The lowest BCUT2D eigenvalue weighted by Gasteiger charge is -2.27. The number of pyridine rings is 1. The Morgan fingerprint density at radius 1 is 1.15 bits per heavy atom. The first-order chi connectivity index (χ1) is 16.0. The van der Waals surface area contributed by atoms with Crippen molar-refractivity contribution in [3.8, 4) is 28.5 Å². The predicted molar refractivity (Wildman–Crippen MR) is 113 cm³/mol. The fraction of sp³-hybridized carbons (Fsp3) is 0.476. The van der Waals surface area contributed by atoms with Crippen molar-refractivity contribution in [2.24, 2.45) is 0 Å². The average molecular weight is 505 g/mol. The molecular weight excluding hydrogens is 483 g/mol. The molecule has 1 atom stereocenters. The molecule has 2 aromatic rings. The number of benzene rings is 1. The lowest BCUT2D eigenvalue weighted by atomic mass is 9.94. The molecule has 1 fully saturated rings. The molecule has 1 aromatic heterocycles. The van der Waals surface area contributed by atoms with Crippen LogP contribution in [0.5, 0.6) is 17.2 Å². The zero-order valence-corrected chi connectivity index (χ0v) is 19.1. The van der Waals surface area contributed by atoms with E-state index in [0.29, 0.717) is 48.0 Å². The molecule has 0 amide bonds. The van der Waals surface area contributed by atoms with E-state index in [9.17, 15) is 26.4 Å². The van der Waals surface area contributed by atoms with Gasteiger partial charge in [0.25, 0.3) is 5.56 Å². The first-order valence-electron chi connectivity index (χ1n) is 10.3. The molecule has 0 N–H and O–H groups in total. The molecule has 0 aliphatic carbocycles. The summed E-state index contributed by atoms with van der Waals surface area (Å²) in [5, 5.41) is 0. The summed E-state index contributed by atoms with van der Waals surface area (Å²) in [5.74, 6) is -0.489. The zero-order chi connectivity index (χ0) is 24.7. The minimum absolute atomic E-state index is 0.169. The van der Waals surface area contributed by atoms with E-state index in [1.807, 2.05) is 0 Å². The minimum atomic E-state index is -5.89. The van der Waals surface area contributed by atoms with E-state index in [1.54, 1.807) is 6.92 Å². The van der Waals surface area contributed by atoms with Gasteiger partial charge in [-0.2, -0.15) is 21.6 Å². The van der Waals surface area contributed by atoms with Crippen molar-refractivity contribution >= 4 is 10.1 Å². The maximum Gasteiger partial charge on any atom is 0.534 e. The number of ether oxygens (including phenoxy) is 4. The molecule has 34 heavy (non-hydrogen) atoms. The van der Waals surface area contributed by atoms with Crippen LogP contribution >= 0.6 is 0 Å². The fourth-order valence-electron chi connectivity index (χ4n) is 3.91. The average Bonchev–Trinajstić information content (AvgIpc) is 2.79. The molecule has 0 radical (unpaired) electrons. The van der Waals surface area contributed by atoms with E-state index < -0.39 is 21.4 Å². The maximum absolute atomic E-state index is 12.8. The molecule has 2 aliphatic heterocycles. The van der Waals surface area contributed by atoms with Crippen molar-refractivity contribution in [3.05, 3.63) is 39.7 Å². The van der Waals surface area contributed by atoms with Crippen LogP contribution < -0.4 is 19.2 Å². The molecule has 9 nitrogen and oxygen atoms in total. The third-order valence-electron chi connectivity index (χ3n) is 5.56. The number of aryl methyl sites for hydroxylation is 1. The van der Waals surface area contributed by atoms with Crippen LogP contribution in [-0.4, -0.2) is 58.1 Å². The van der Waals surface area contributed by atoms with Gasteiger partial charge >= 0.3 is 15.6 Å². The minimum Gasteiger partial charge on any atom is -0.493 e. The summed E-state index contributed by atoms with van der Waals surface area (Å²) in [4.78, 5) is 12.8. The largest absolute Gasteiger partial charge is 0.534 e. The SMILES string of the molecule is COc1cc2c(cc1OS(=O)(=O)C(F)(F)F)CCn1c-2c(C)c(OC[C@@H]2COCCO2)cc1=O. The molecule has 0 saturated carbocycles.